The molecule has 4 nitrogen and oxygen atoms in total. The van der Waals surface area contributed by atoms with E-state index in [1.54, 1.807) is 7.11 Å². The Morgan fingerprint density at radius 2 is 2.10 bits per heavy atom. The Labute approximate surface area is 134 Å². The summed E-state index contributed by atoms with van der Waals surface area (Å²) in [6.45, 7) is 6.76. The highest BCUT2D eigenvalue weighted by Gasteiger charge is 2.14. The van der Waals surface area contributed by atoms with Gasteiger partial charge in [0.1, 0.15) is 5.75 Å². The van der Waals surface area contributed by atoms with Crippen LogP contribution in [0.15, 0.2) is 28.7 Å². The van der Waals surface area contributed by atoms with Crippen molar-refractivity contribution in [2.24, 2.45) is 0 Å². The van der Waals surface area contributed by atoms with Gasteiger partial charge < -0.3 is 4.74 Å². The predicted octanol–water partition coefficient (Wildman–Crippen LogP) is 3.61. The average molecular weight is 352 g/mol. The van der Waals surface area contributed by atoms with Gasteiger partial charge in [-0.25, -0.2) is 0 Å². The van der Waals surface area contributed by atoms with Crippen LogP contribution in [0, 0.1) is 6.92 Å². The normalized spacial score (nSPS) is 11.1. The van der Waals surface area contributed by atoms with Gasteiger partial charge in [-0.05, 0) is 54.5 Å². The highest BCUT2D eigenvalue weighted by atomic mass is 79.9. The fourth-order valence-corrected chi connectivity index (χ4v) is 2.82. The molecule has 1 aromatic heterocycles. The Bertz CT molecular complexity index is 610. The molecule has 2 aromatic rings. The van der Waals surface area contributed by atoms with Crippen LogP contribution in [0.25, 0.3) is 0 Å². The van der Waals surface area contributed by atoms with Gasteiger partial charge in [0.15, 0.2) is 0 Å². The van der Waals surface area contributed by atoms with E-state index in [1.807, 2.05) is 19.1 Å². The summed E-state index contributed by atoms with van der Waals surface area (Å²) in [4.78, 5) is 2.28. The maximum absolute atomic E-state index is 5.27. The van der Waals surface area contributed by atoms with Crippen LogP contribution in [-0.4, -0.2) is 28.8 Å². The first-order chi connectivity index (χ1) is 10.0. The summed E-state index contributed by atoms with van der Waals surface area (Å²) in [6.07, 6.45) is 0. The molecule has 0 aliphatic carbocycles. The third kappa shape index (κ3) is 3.86. The number of hydrogen-bond acceptors (Lipinski definition) is 3. The number of rotatable bonds is 6. The van der Waals surface area contributed by atoms with Crippen molar-refractivity contribution in [3.63, 3.8) is 0 Å². The molecule has 0 amide bonds. The number of methoxy groups -OCH3 is 1. The van der Waals surface area contributed by atoms with Gasteiger partial charge in [0, 0.05) is 19.6 Å². The minimum absolute atomic E-state index is 0.854. The van der Waals surface area contributed by atoms with Gasteiger partial charge in [0.05, 0.1) is 23.0 Å². The highest BCUT2D eigenvalue weighted by molar-refractivity contribution is 9.10. The molecule has 114 valence electrons. The molecule has 0 saturated carbocycles. The zero-order chi connectivity index (χ0) is 15.4. The number of aryl methyl sites for hydroxylation is 2. The first kappa shape index (κ1) is 16.0. The maximum atomic E-state index is 5.27. The van der Waals surface area contributed by atoms with Crippen LogP contribution in [0.4, 0.5) is 0 Å². The molecule has 0 aliphatic heterocycles. The van der Waals surface area contributed by atoms with E-state index in [9.17, 15) is 0 Å². The second-order valence-corrected chi connectivity index (χ2v) is 5.98. The molecule has 0 spiro atoms. The molecule has 0 unspecified atom stereocenters. The molecule has 21 heavy (non-hydrogen) atoms. The van der Waals surface area contributed by atoms with Crippen molar-refractivity contribution in [3.05, 3.63) is 45.7 Å². The summed E-state index contributed by atoms with van der Waals surface area (Å²) in [5.74, 6) is 0.900. The van der Waals surface area contributed by atoms with E-state index in [4.69, 9.17) is 4.74 Å². The lowest BCUT2D eigenvalue weighted by atomic mass is 10.2. The zero-order valence-electron chi connectivity index (χ0n) is 13.1. The first-order valence-electron chi connectivity index (χ1n) is 7.08. The van der Waals surface area contributed by atoms with Crippen molar-refractivity contribution >= 4 is 15.9 Å². The summed E-state index contributed by atoms with van der Waals surface area (Å²) >= 11 is 3.65. The Balaban J connectivity index is 2.09. The number of nitrogens with zero attached hydrogens (tertiary/aromatic N) is 3. The number of halogens is 1. The Morgan fingerprint density at radius 1 is 1.33 bits per heavy atom. The monoisotopic (exact) mass is 351 g/mol. The van der Waals surface area contributed by atoms with Crippen LogP contribution in [0.3, 0.4) is 0 Å². The minimum Gasteiger partial charge on any atom is -0.497 e. The molecule has 0 radical (unpaired) electrons. The van der Waals surface area contributed by atoms with E-state index < -0.39 is 0 Å². The molecule has 0 bridgehead atoms. The quantitative estimate of drug-likeness (QED) is 0.796. The molecule has 0 N–H and O–H groups in total. The number of aromatic nitrogens is 2. The van der Waals surface area contributed by atoms with Crippen LogP contribution in [0.5, 0.6) is 5.75 Å². The maximum Gasteiger partial charge on any atom is 0.119 e. The lowest BCUT2D eigenvalue weighted by Gasteiger charge is -2.18. The van der Waals surface area contributed by atoms with Gasteiger partial charge in [-0.1, -0.05) is 12.1 Å². The number of hydrogen-bond donors (Lipinski definition) is 0. The summed E-state index contributed by atoms with van der Waals surface area (Å²) in [7, 11) is 3.82. The van der Waals surface area contributed by atoms with Gasteiger partial charge in [-0.3, -0.25) is 9.58 Å². The van der Waals surface area contributed by atoms with E-state index in [-0.39, 0.29) is 0 Å². The van der Waals surface area contributed by atoms with Gasteiger partial charge in [-0.2, -0.15) is 5.10 Å². The second-order valence-electron chi connectivity index (χ2n) is 5.19. The van der Waals surface area contributed by atoms with E-state index in [1.165, 1.54) is 11.3 Å². The molecule has 0 atom stereocenters. The third-order valence-corrected chi connectivity index (χ3v) is 4.49. The molecular formula is C16H22BrN3O. The predicted molar refractivity (Wildman–Crippen MR) is 88.5 cm³/mol. The summed E-state index contributed by atoms with van der Waals surface area (Å²) < 4.78 is 8.44. The largest absolute Gasteiger partial charge is 0.497 e. The van der Waals surface area contributed by atoms with Crippen molar-refractivity contribution in [2.75, 3.05) is 14.2 Å². The van der Waals surface area contributed by atoms with E-state index in [2.05, 4.69) is 56.7 Å². The van der Waals surface area contributed by atoms with E-state index in [0.717, 1.165) is 35.6 Å². The lowest BCUT2D eigenvalue weighted by Crippen LogP contribution is -2.20. The van der Waals surface area contributed by atoms with Crippen molar-refractivity contribution in [1.82, 2.24) is 14.7 Å². The number of benzene rings is 1. The third-order valence-electron chi connectivity index (χ3n) is 3.46. The highest BCUT2D eigenvalue weighted by Crippen LogP contribution is 2.23. The van der Waals surface area contributed by atoms with Gasteiger partial charge in [-0.15, -0.1) is 0 Å². The second kappa shape index (κ2) is 7.09. The van der Waals surface area contributed by atoms with Gasteiger partial charge in [0.25, 0.3) is 0 Å². The fraction of sp³-hybridized carbons (Fsp3) is 0.438. The molecule has 0 saturated heterocycles. The molecule has 0 fully saturated rings. The summed E-state index contributed by atoms with van der Waals surface area (Å²) in [6, 6.07) is 8.19. The van der Waals surface area contributed by atoms with Crippen molar-refractivity contribution < 1.29 is 4.74 Å². The fourth-order valence-electron chi connectivity index (χ4n) is 2.41. The topological polar surface area (TPSA) is 30.3 Å². The van der Waals surface area contributed by atoms with Crippen LogP contribution < -0.4 is 4.74 Å². The Hall–Kier alpha value is -1.33. The SMILES string of the molecule is CCn1nc(C)c(Br)c1CN(C)Cc1cccc(OC)c1. The molecule has 0 aliphatic rings. The van der Waals surface area contributed by atoms with Gasteiger partial charge >= 0.3 is 0 Å². The summed E-state index contributed by atoms with van der Waals surface area (Å²) in [5.41, 5.74) is 3.51. The van der Waals surface area contributed by atoms with Crippen molar-refractivity contribution in [1.29, 1.82) is 0 Å². The smallest absolute Gasteiger partial charge is 0.119 e. The standard InChI is InChI=1S/C16H22BrN3O/c1-5-20-15(16(17)12(2)18-20)11-19(3)10-13-7-6-8-14(9-13)21-4/h6-9H,5,10-11H2,1-4H3. The minimum atomic E-state index is 0.854. The Morgan fingerprint density at radius 3 is 2.76 bits per heavy atom. The molecule has 5 heteroatoms. The van der Waals surface area contributed by atoms with Crippen LogP contribution in [0.2, 0.25) is 0 Å². The Kier molecular flexibility index (Phi) is 5.42. The molecule has 2 rings (SSSR count). The van der Waals surface area contributed by atoms with E-state index >= 15 is 0 Å². The number of ether oxygens (including phenoxy) is 1. The van der Waals surface area contributed by atoms with Crippen LogP contribution >= 0.6 is 15.9 Å². The first-order valence-corrected chi connectivity index (χ1v) is 7.87. The van der Waals surface area contributed by atoms with Crippen LogP contribution in [-0.2, 0) is 19.6 Å². The van der Waals surface area contributed by atoms with E-state index in [0.29, 0.717) is 0 Å². The lowest BCUT2D eigenvalue weighted by molar-refractivity contribution is 0.306. The summed E-state index contributed by atoms with van der Waals surface area (Å²) in [5, 5.41) is 4.54. The molecule has 1 aromatic carbocycles. The van der Waals surface area contributed by atoms with Crippen LogP contribution in [0.1, 0.15) is 23.9 Å². The van der Waals surface area contributed by atoms with Crippen molar-refractivity contribution in [2.45, 2.75) is 33.5 Å². The average Bonchev–Trinajstić information content (AvgIpc) is 2.75. The molecular weight excluding hydrogens is 330 g/mol. The van der Waals surface area contributed by atoms with Crippen molar-refractivity contribution in [3.8, 4) is 5.75 Å². The molecule has 1 heterocycles. The zero-order valence-corrected chi connectivity index (χ0v) is 14.6. The van der Waals surface area contributed by atoms with Gasteiger partial charge in [0.2, 0.25) is 0 Å².